The molecule has 1 N–H and O–H groups in total. The molecule has 0 saturated heterocycles. The highest BCUT2D eigenvalue weighted by molar-refractivity contribution is 7.17. The molecule has 0 amide bonds. The van der Waals surface area contributed by atoms with Crippen LogP contribution in [0.1, 0.15) is 44.2 Å². The number of nitrogens with one attached hydrogen (secondary N) is 1. The van der Waals surface area contributed by atoms with Crippen LogP contribution in [-0.4, -0.2) is 6.54 Å². The Labute approximate surface area is 125 Å². The lowest BCUT2D eigenvalue weighted by molar-refractivity contribution is 0.344. The summed E-state index contributed by atoms with van der Waals surface area (Å²) >= 11 is 1.91. The molecule has 2 heteroatoms. The van der Waals surface area contributed by atoms with Gasteiger partial charge in [0.1, 0.15) is 0 Å². The predicted octanol–water partition coefficient (Wildman–Crippen LogP) is 4.99. The highest BCUT2D eigenvalue weighted by Gasteiger charge is 2.48. The van der Waals surface area contributed by atoms with Gasteiger partial charge < -0.3 is 5.32 Å². The Hall–Kier alpha value is -0.860. The smallest absolute Gasteiger partial charge is 0.0363 e. The summed E-state index contributed by atoms with van der Waals surface area (Å²) in [5.41, 5.74) is 1.56. The van der Waals surface area contributed by atoms with E-state index in [1.54, 1.807) is 5.56 Å². The summed E-state index contributed by atoms with van der Waals surface area (Å²) < 4.78 is 1.44. The second kappa shape index (κ2) is 5.16. The fourth-order valence-corrected chi connectivity index (χ4v) is 5.10. The predicted molar refractivity (Wildman–Crippen MR) is 87.2 cm³/mol. The van der Waals surface area contributed by atoms with Gasteiger partial charge in [0.15, 0.2) is 0 Å². The number of rotatable bonds is 5. The molecule has 3 unspecified atom stereocenters. The number of fused-ring (bicyclic) bond motifs is 2. The molecular weight excluding hydrogens is 262 g/mol. The first kappa shape index (κ1) is 12.8. The maximum atomic E-state index is 3.85. The lowest BCUT2D eigenvalue weighted by Crippen LogP contribution is -2.28. The van der Waals surface area contributed by atoms with Crippen molar-refractivity contribution < 1.29 is 0 Å². The van der Waals surface area contributed by atoms with Crippen molar-refractivity contribution in [2.75, 3.05) is 6.54 Å². The van der Waals surface area contributed by atoms with Crippen molar-refractivity contribution in [1.82, 2.24) is 5.32 Å². The highest BCUT2D eigenvalue weighted by atomic mass is 32.1. The van der Waals surface area contributed by atoms with Crippen LogP contribution in [0, 0.1) is 17.8 Å². The molecule has 2 fully saturated rings. The Morgan fingerprint density at radius 3 is 2.80 bits per heavy atom. The molecule has 0 aliphatic heterocycles. The monoisotopic (exact) mass is 285 g/mol. The molecule has 0 spiro atoms. The summed E-state index contributed by atoms with van der Waals surface area (Å²) in [6.45, 7) is 3.41. The van der Waals surface area contributed by atoms with Crippen LogP contribution in [0.5, 0.6) is 0 Å². The standard InChI is InChI=1S/C18H23NS/c1-2-7-19-18(14-9-12-8-13(12)10-14)16-11-20-17-6-4-3-5-15(16)17/h3-6,11-14,18-19H,2,7-10H2,1H3. The summed E-state index contributed by atoms with van der Waals surface area (Å²) in [7, 11) is 0. The highest BCUT2D eigenvalue weighted by Crippen LogP contribution is 2.57. The van der Waals surface area contributed by atoms with E-state index in [4.69, 9.17) is 0 Å². The first-order valence-electron chi connectivity index (χ1n) is 8.06. The van der Waals surface area contributed by atoms with E-state index in [9.17, 15) is 0 Å². The van der Waals surface area contributed by atoms with Crippen LogP contribution in [0.25, 0.3) is 10.1 Å². The molecule has 2 saturated carbocycles. The molecule has 20 heavy (non-hydrogen) atoms. The molecule has 1 heterocycles. The number of hydrogen-bond acceptors (Lipinski definition) is 2. The van der Waals surface area contributed by atoms with Gasteiger partial charge in [-0.05, 0) is 72.4 Å². The van der Waals surface area contributed by atoms with Crippen molar-refractivity contribution in [3.8, 4) is 0 Å². The maximum Gasteiger partial charge on any atom is 0.0363 e. The average molecular weight is 285 g/mol. The summed E-state index contributed by atoms with van der Waals surface area (Å²) in [6.07, 6.45) is 5.64. The second-order valence-electron chi connectivity index (χ2n) is 6.61. The zero-order chi connectivity index (χ0) is 13.5. The summed E-state index contributed by atoms with van der Waals surface area (Å²) in [5.74, 6) is 3.00. The quantitative estimate of drug-likeness (QED) is 0.816. The molecule has 2 aliphatic carbocycles. The molecule has 1 aromatic heterocycles. The van der Waals surface area contributed by atoms with Gasteiger partial charge in [-0.2, -0.15) is 0 Å². The van der Waals surface area contributed by atoms with Crippen molar-refractivity contribution in [1.29, 1.82) is 0 Å². The third kappa shape index (κ3) is 2.19. The van der Waals surface area contributed by atoms with Gasteiger partial charge in [0.25, 0.3) is 0 Å². The topological polar surface area (TPSA) is 12.0 Å². The van der Waals surface area contributed by atoms with Crippen LogP contribution in [0.3, 0.4) is 0 Å². The van der Waals surface area contributed by atoms with E-state index in [0.29, 0.717) is 6.04 Å². The molecule has 0 bridgehead atoms. The van der Waals surface area contributed by atoms with E-state index in [1.165, 1.54) is 35.8 Å². The average Bonchev–Trinajstić information content (AvgIpc) is 2.91. The fraction of sp³-hybridized carbons (Fsp3) is 0.556. The van der Waals surface area contributed by atoms with Crippen LogP contribution in [0.4, 0.5) is 0 Å². The first-order chi connectivity index (χ1) is 9.86. The van der Waals surface area contributed by atoms with Gasteiger partial charge in [0.2, 0.25) is 0 Å². The normalized spacial score (nSPS) is 29.6. The molecule has 1 aromatic carbocycles. The number of hydrogen-bond donors (Lipinski definition) is 1. The van der Waals surface area contributed by atoms with E-state index in [0.717, 1.165) is 24.3 Å². The van der Waals surface area contributed by atoms with Crippen molar-refractivity contribution in [3.63, 3.8) is 0 Å². The Bertz CT molecular complexity index is 592. The van der Waals surface area contributed by atoms with Gasteiger partial charge in [-0.15, -0.1) is 11.3 Å². The summed E-state index contributed by atoms with van der Waals surface area (Å²) in [4.78, 5) is 0. The van der Waals surface area contributed by atoms with Crippen LogP contribution >= 0.6 is 11.3 Å². The molecule has 0 radical (unpaired) electrons. The van der Waals surface area contributed by atoms with Crippen molar-refractivity contribution in [2.45, 2.75) is 38.6 Å². The lowest BCUT2D eigenvalue weighted by atomic mass is 9.89. The SMILES string of the molecule is CCCNC(c1csc2ccccc12)C1CC2CC2C1. The Balaban J connectivity index is 1.66. The largest absolute Gasteiger partial charge is 0.310 e. The minimum Gasteiger partial charge on any atom is -0.310 e. The maximum absolute atomic E-state index is 3.85. The zero-order valence-corrected chi connectivity index (χ0v) is 13.0. The lowest BCUT2D eigenvalue weighted by Gasteiger charge is -2.26. The second-order valence-corrected chi connectivity index (χ2v) is 7.52. The minimum atomic E-state index is 0.582. The zero-order valence-electron chi connectivity index (χ0n) is 12.1. The van der Waals surface area contributed by atoms with Crippen LogP contribution in [-0.2, 0) is 0 Å². The summed E-state index contributed by atoms with van der Waals surface area (Å²) in [6, 6.07) is 9.48. The van der Waals surface area contributed by atoms with Gasteiger partial charge in [0.05, 0.1) is 0 Å². The Kier molecular flexibility index (Phi) is 3.31. The van der Waals surface area contributed by atoms with Crippen LogP contribution in [0.2, 0.25) is 0 Å². The molecule has 106 valence electrons. The van der Waals surface area contributed by atoms with E-state index in [1.807, 2.05) is 11.3 Å². The molecular formula is C18H23NS. The third-order valence-electron chi connectivity index (χ3n) is 5.21. The van der Waals surface area contributed by atoms with Crippen molar-refractivity contribution in [3.05, 3.63) is 35.2 Å². The number of benzene rings is 1. The first-order valence-corrected chi connectivity index (χ1v) is 8.94. The van der Waals surface area contributed by atoms with Crippen molar-refractivity contribution >= 4 is 21.4 Å². The molecule has 3 atom stereocenters. The van der Waals surface area contributed by atoms with E-state index < -0.39 is 0 Å². The van der Waals surface area contributed by atoms with Gasteiger partial charge in [-0.25, -0.2) is 0 Å². The Morgan fingerprint density at radius 2 is 2.00 bits per heavy atom. The fourth-order valence-electron chi connectivity index (χ4n) is 4.10. The molecule has 2 aliphatic rings. The van der Waals surface area contributed by atoms with Gasteiger partial charge in [-0.1, -0.05) is 25.1 Å². The van der Waals surface area contributed by atoms with Gasteiger partial charge in [-0.3, -0.25) is 0 Å². The minimum absolute atomic E-state index is 0.582. The molecule has 2 aromatic rings. The summed E-state index contributed by atoms with van der Waals surface area (Å²) in [5, 5.41) is 7.74. The van der Waals surface area contributed by atoms with E-state index in [2.05, 4.69) is 41.9 Å². The van der Waals surface area contributed by atoms with E-state index in [-0.39, 0.29) is 0 Å². The molecule has 1 nitrogen and oxygen atoms in total. The van der Waals surface area contributed by atoms with Gasteiger partial charge in [0, 0.05) is 10.7 Å². The van der Waals surface area contributed by atoms with Crippen LogP contribution < -0.4 is 5.32 Å². The van der Waals surface area contributed by atoms with Crippen LogP contribution in [0.15, 0.2) is 29.6 Å². The van der Waals surface area contributed by atoms with E-state index >= 15 is 0 Å². The van der Waals surface area contributed by atoms with Gasteiger partial charge >= 0.3 is 0 Å². The molecule has 4 rings (SSSR count). The Morgan fingerprint density at radius 1 is 1.20 bits per heavy atom. The third-order valence-corrected chi connectivity index (χ3v) is 6.19. The number of thiophene rings is 1. The van der Waals surface area contributed by atoms with Crippen molar-refractivity contribution in [2.24, 2.45) is 17.8 Å².